The van der Waals surface area contributed by atoms with E-state index >= 15 is 0 Å². The molecular formula is C11H15NO4S. The van der Waals surface area contributed by atoms with E-state index in [1.807, 2.05) is 0 Å². The van der Waals surface area contributed by atoms with Crippen molar-refractivity contribution >= 4 is 17.3 Å². The molecule has 0 aliphatic carbocycles. The van der Waals surface area contributed by atoms with Gasteiger partial charge in [0.1, 0.15) is 10.6 Å². The number of ether oxygens (including phenoxy) is 2. The molecule has 0 saturated carbocycles. The molecule has 2 heterocycles. The minimum absolute atomic E-state index is 0.0349. The van der Waals surface area contributed by atoms with Crippen molar-refractivity contribution in [1.82, 2.24) is 4.98 Å². The van der Waals surface area contributed by atoms with E-state index in [1.54, 1.807) is 12.5 Å². The second-order valence-corrected chi connectivity index (χ2v) is 4.88. The summed E-state index contributed by atoms with van der Waals surface area (Å²) in [5.41, 5.74) is 0.208. The van der Waals surface area contributed by atoms with Crippen molar-refractivity contribution in [1.29, 1.82) is 0 Å². The Morgan fingerprint density at radius 1 is 1.65 bits per heavy atom. The van der Waals surface area contributed by atoms with Gasteiger partial charge in [-0.1, -0.05) is 0 Å². The van der Waals surface area contributed by atoms with Crippen molar-refractivity contribution in [2.45, 2.75) is 24.9 Å². The van der Waals surface area contributed by atoms with Crippen molar-refractivity contribution in [3.63, 3.8) is 0 Å². The van der Waals surface area contributed by atoms with Gasteiger partial charge in [-0.3, -0.25) is 4.79 Å². The van der Waals surface area contributed by atoms with E-state index in [0.29, 0.717) is 18.9 Å². The number of rotatable bonds is 4. The average molecular weight is 257 g/mol. The number of methoxy groups -OCH3 is 1. The van der Waals surface area contributed by atoms with Gasteiger partial charge < -0.3 is 14.6 Å². The predicted octanol–water partition coefficient (Wildman–Crippen LogP) is 1.42. The molecule has 1 fully saturated rings. The summed E-state index contributed by atoms with van der Waals surface area (Å²) in [5.74, 6) is -0.861. The number of carbonyl (C=O) groups is 1. The fourth-order valence-corrected chi connectivity index (χ4v) is 3.01. The third-order valence-corrected chi connectivity index (χ3v) is 4.04. The summed E-state index contributed by atoms with van der Waals surface area (Å²) < 4.78 is 10.9. The van der Waals surface area contributed by atoms with Crippen LogP contribution >= 0.6 is 11.3 Å². The highest BCUT2D eigenvalue weighted by molar-refractivity contribution is 7.09. The fourth-order valence-electron chi connectivity index (χ4n) is 1.96. The van der Waals surface area contributed by atoms with E-state index in [0.717, 1.165) is 17.8 Å². The van der Waals surface area contributed by atoms with Gasteiger partial charge in [-0.05, 0) is 0 Å². The molecule has 1 aliphatic rings. The van der Waals surface area contributed by atoms with Crippen LogP contribution in [-0.2, 0) is 26.3 Å². The Balaban J connectivity index is 2.19. The van der Waals surface area contributed by atoms with Crippen LogP contribution in [0.25, 0.3) is 0 Å². The number of carboxylic acid groups (broad SMARTS) is 1. The number of nitrogens with zero attached hydrogens (tertiary/aromatic N) is 1. The van der Waals surface area contributed by atoms with E-state index in [-0.39, 0.29) is 12.0 Å². The highest BCUT2D eigenvalue weighted by atomic mass is 32.1. The van der Waals surface area contributed by atoms with Crippen molar-refractivity contribution in [2.75, 3.05) is 20.3 Å². The van der Waals surface area contributed by atoms with Crippen molar-refractivity contribution < 1.29 is 19.4 Å². The molecule has 0 radical (unpaired) electrons. The molecule has 5 nitrogen and oxygen atoms in total. The molecule has 0 amide bonds. The van der Waals surface area contributed by atoms with Gasteiger partial charge >= 0.3 is 5.97 Å². The largest absolute Gasteiger partial charge is 0.481 e. The molecule has 2 rings (SSSR count). The maximum atomic E-state index is 10.6. The zero-order valence-corrected chi connectivity index (χ0v) is 10.5. The van der Waals surface area contributed by atoms with E-state index in [4.69, 9.17) is 14.6 Å². The Labute approximate surface area is 103 Å². The molecule has 0 spiro atoms. The Morgan fingerprint density at radius 3 is 2.94 bits per heavy atom. The lowest BCUT2D eigenvalue weighted by Crippen LogP contribution is -2.35. The highest BCUT2D eigenvalue weighted by Crippen LogP contribution is 2.37. The standard InChI is InChI=1S/C11H15NO4S/c1-15-11(2-4-16-5-3-11)10-12-8(7-17-10)6-9(13)14/h7H,2-6H2,1H3,(H,13,14). The summed E-state index contributed by atoms with van der Waals surface area (Å²) in [5, 5.41) is 11.4. The molecule has 0 aromatic carbocycles. The first-order valence-corrected chi connectivity index (χ1v) is 6.34. The van der Waals surface area contributed by atoms with Gasteiger partial charge in [-0.15, -0.1) is 11.3 Å². The smallest absolute Gasteiger partial charge is 0.309 e. The molecule has 1 saturated heterocycles. The molecule has 1 N–H and O–H groups in total. The van der Waals surface area contributed by atoms with Gasteiger partial charge in [0.15, 0.2) is 0 Å². The van der Waals surface area contributed by atoms with Crippen molar-refractivity contribution in [3.8, 4) is 0 Å². The zero-order chi connectivity index (χ0) is 12.3. The molecule has 94 valence electrons. The normalized spacial score (nSPS) is 19.1. The van der Waals surface area contributed by atoms with Crippen molar-refractivity contribution in [2.24, 2.45) is 0 Å². The van der Waals surface area contributed by atoms with Crippen LogP contribution in [0.4, 0.5) is 0 Å². The number of hydrogen-bond acceptors (Lipinski definition) is 5. The summed E-state index contributed by atoms with van der Waals surface area (Å²) in [6, 6.07) is 0. The average Bonchev–Trinajstić information content (AvgIpc) is 2.78. The SMILES string of the molecule is COC1(c2nc(CC(=O)O)cs2)CCOCC1. The van der Waals surface area contributed by atoms with E-state index in [9.17, 15) is 4.79 Å². The summed E-state index contributed by atoms with van der Waals surface area (Å²) >= 11 is 1.47. The molecule has 0 atom stereocenters. The molecule has 1 aromatic rings. The number of thiazole rings is 1. The summed E-state index contributed by atoms with van der Waals surface area (Å²) in [6.45, 7) is 1.31. The maximum absolute atomic E-state index is 10.6. The van der Waals surface area contributed by atoms with Gasteiger partial charge in [0, 0.05) is 38.5 Å². The third kappa shape index (κ3) is 2.65. The Hall–Kier alpha value is -0.980. The van der Waals surface area contributed by atoms with E-state index in [1.165, 1.54) is 11.3 Å². The van der Waals surface area contributed by atoms with E-state index < -0.39 is 5.97 Å². The summed E-state index contributed by atoms with van der Waals surface area (Å²) in [6.07, 6.45) is 1.50. The van der Waals surface area contributed by atoms with Gasteiger partial charge in [0.25, 0.3) is 0 Å². The molecule has 0 bridgehead atoms. The number of carboxylic acids is 1. The lowest BCUT2D eigenvalue weighted by atomic mass is 9.95. The first-order valence-electron chi connectivity index (χ1n) is 5.46. The molecule has 17 heavy (non-hydrogen) atoms. The van der Waals surface area contributed by atoms with Crippen LogP contribution in [0.3, 0.4) is 0 Å². The van der Waals surface area contributed by atoms with Crippen LogP contribution in [0, 0.1) is 0 Å². The Kier molecular flexibility index (Phi) is 3.76. The predicted molar refractivity (Wildman–Crippen MR) is 62.2 cm³/mol. The number of hydrogen-bond donors (Lipinski definition) is 1. The quantitative estimate of drug-likeness (QED) is 0.883. The first kappa shape index (κ1) is 12.5. The second-order valence-electron chi connectivity index (χ2n) is 4.03. The van der Waals surface area contributed by atoms with Crippen LogP contribution < -0.4 is 0 Å². The van der Waals surface area contributed by atoms with Crippen LogP contribution in [0.2, 0.25) is 0 Å². The lowest BCUT2D eigenvalue weighted by Gasteiger charge is -2.33. The maximum Gasteiger partial charge on any atom is 0.309 e. The number of aliphatic carboxylic acids is 1. The molecule has 1 aromatic heterocycles. The first-order chi connectivity index (χ1) is 8.16. The molecule has 1 aliphatic heterocycles. The fraction of sp³-hybridized carbons (Fsp3) is 0.636. The van der Waals surface area contributed by atoms with Crippen LogP contribution in [0.5, 0.6) is 0 Å². The van der Waals surface area contributed by atoms with Gasteiger partial charge in [-0.2, -0.15) is 0 Å². The topological polar surface area (TPSA) is 68.7 Å². The Bertz CT molecular complexity index is 398. The summed E-state index contributed by atoms with van der Waals surface area (Å²) in [7, 11) is 1.67. The number of aromatic nitrogens is 1. The minimum Gasteiger partial charge on any atom is -0.481 e. The van der Waals surface area contributed by atoms with Gasteiger partial charge in [0.2, 0.25) is 0 Å². The van der Waals surface area contributed by atoms with Crippen LogP contribution in [0.15, 0.2) is 5.38 Å². The molecule has 0 unspecified atom stereocenters. The Morgan fingerprint density at radius 2 is 2.35 bits per heavy atom. The second kappa shape index (κ2) is 5.12. The van der Waals surface area contributed by atoms with Crippen molar-refractivity contribution in [3.05, 3.63) is 16.1 Å². The summed E-state index contributed by atoms with van der Waals surface area (Å²) in [4.78, 5) is 15.0. The molecule has 6 heteroatoms. The highest BCUT2D eigenvalue weighted by Gasteiger charge is 2.37. The van der Waals surface area contributed by atoms with Crippen LogP contribution in [0.1, 0.15) is 23.5 Å². The monoisotopic (exact) mass is 257 g/mol. The zero-order valence-electron chi connectivity index (χ0n) is 9.64. The lowest BCUT2D eigenvalue weighted by molar-refractivity contribution is -0.136. The third-order valence-electron chi connectivity index (χ3n) is 2.97. The van der Waals surface area contributed by atoms with E-state index in [2.05, 4.69) is 4.98 Å². The van der Waals surface area contributed by atoms with Crippen LogP contribution in [-0.4, -0.2) is 36.4 Å². The van der Waals surface area contributed by atoms with Gasteiger partial charge in [0.05, 0.1) is 12.1 Å². The minimum atomic E-state index is -0.861. The molecular weight excluding hydrogens is 242 g/mol. The van der Waals surface area contributed by atoms with Gasteiger partial charge in [-0.25, -0.2) is 4.98 Å².